The fourth-order valence-corrected chi connectivity index (χ4v) is 10.3. The molecule has 0 aliphatic carbocycles. The zero-order valence-corrected chi connectivity index (χ0v) is 32.8. The van der Waals surface area contributed by atoms with Crippen LogP contribution < -0.4 is 23.3 Å². The molecule has 2 aromatic heterocycles. The Labute approximate surface area is 310 Å². The topological polar surface area (TPSA) is 72.4 Å². The number of rotatable bonds is 8. The summed E-state index contributed by atoms with van der Waals surface area (Å²) in [6.07, 6.45) is 0. The maximum absolute atomic E-state index is 7.28. The highest BCUT2D eigenvalue weighted by molar-refractivity contribution is 7.57. The third-order valence-corrected chi connectivity index (χ3v) is 12.6. The minimum absolute atomic E-state index is 0.664. The highest BCUT2D eigenvalue weighted by atomic mass is 31.1. The van der Waals surface area contributed by atoms with Gasteiger partial charge in [0.25, 0.3) is 0 Å². The lowest BCUT2D eigenvalue weighted by atomic mass is 9.95. The van der Waals surface area contributed by atoms with Gasteiger partial charge in [-0.15, -0.1) is 0 Å². The predicted molar refractivity (Wildman–Crippen MR) is 218 cm³/mol. The molecule has 0 saturated carbocycles. The van der Waals surface area contributed by atoms with Gasteiger partial charge in [0.05, 0.1) is 29.1 Å². The van der Waals surface area contributed by atoms with Crippen LogP contribution in [0, 0.1) is 34.6 Å². The lowest BCUT2D eigenvalue weighted by Crippen LogP contribution is -1.96. The van der Waals surface area contributed by atoms with Gasteiger partial charge in [-0.25, -0.2) is 0 Å². The van der Waals surface area contributed by atoms with Gasteiger partial charge in [0.2, 0.25) is 0 Å². The minimum Gasteiger partial charge on any atom is -0.497 e. The average molecular weight is 743 g/mol. The van der Waals surface area contributed by atoms with E-state index in [-0.39, 0.29) is 0 Å². The molecular formula is C44H40O7P2. The number of hydrogen-bond acceptors (Lipinski definition) is 7. The first-order valence-corrected chi connectivity index (χ1v) is 19.7. The largest absolute Gasteiger partial charge is 0.497 e. The Morgan fingerprint density at radius 2 is 0.887 bits per heavy atom. The zero-order valence-electron chi connectivity index (χ0n) is 31.0. The molecule has 9 heteroatoms. The molecule has 8 aromatic rings. The van der Waals surface area contributed by atoms with Crippen LogP contribution in [0.5, 0.6) is 28.7 Å². The lowest BCUT2D eigenvalue weighted by molar-refractivity contribution is 0.415. The molecule has 0 spiro atoms. The Hall–Kier alpha value is -5.48. The van der Waals surface area contributed by atoms with E-state index in [1.165, 1.54) is 0 Å². The van der Waals surface area contributed by atoms with Crippen LogP contribution in [0.4, 0.5) is 0 Å². The quantitative estimate of drug-likeness (QED) is 0.153. The molecule has 0 aliphatic heterocycles. The predicted octanol–water partition coefficient (Wildman–Crippen LogP) is 13.5. The summed E-state index contributed by atoms with van der Waals surface area (Å²) in [5.41, 5.74) is 8.52. The maximum Gasteiger partial charge on any atom is 0.453 e. The first-order chi connectivity index (χ1) is 25.6. The molecule has 7 nitrogen and oxygen atoms in total. The van der Waals surface area contributed by atoms with Crippen molar-refractivity contribution < 1.29 is 31.7 Å². The molecule has 2 heterocycles. The van der Waals surface area contributed by atoms with Crippen molar-refractivity contribution >= 4 is 58.9 Å². The number of ether oxygens (including phenoxy) is 3. The lowest BCUT2D eigenvalue weighted by Gasteiger charge is -2.19. The molecule has 53 heavy (non-hydrogen) atoms. The zero-order chi connectivity index (χ0) is 37.0. The van der Waals surface area contributed by atoms with Crippen LogP contribution in [0.3, 0.4) is 0 Å². The van der Waals surface area contributed by atoms with Gasteiger partial charge in [-0.3, -0.25) is 0 Å². The maximum atomic E-state index is 7.28. The number of benzene rings is 6. The van der Waals surface area contributed by atoms with E-state index in [0.717, 1.165) is 93.7 Å². The van der Waals surface area contributed by atoms with E-state index in [2.05, 4.69) is 89.2 Å². The van der Waals surface area contributed by atoms with Gasteiger partial charge in [-0.05, 0) is 136 Å². The molecule has 0 N–H and O–H groups in total. The Morgan fingerprint density at radius 1 is 0.434 bits per heavy atom. The second-order valence-corrected chi connectivity index (χ2v) is 16.2. The summed E-state index contributed by atoms with van der Waals surface area (Å²) in [7, 11) is 1.88. The summed E-state index contributed by atoms with van der Waals surface area (Å²) in [5.74, 6) is 3.80. The van der Waals surface area contributed by atoms with Gasteiger partial charge in [-0.2, -0.15) is 0 Å². The van der Waals surface area contributed by atoms with Gasteiger partial charge in [-0.1, -0.05) is 23.8 Å². The molecule has 1 unspecified atom stereocenters. The Balaban J connectivity index is 1.33. The van der Waals surface area contributed by atoms with E-state index in [4.69, 9.17) is 31.7 Å². The molecule has 0 amide bonds. The van der Waals surface area contributed by atoms with Crippen LogP contribution in [0.25, 0.3) is 54.1 Å². The molecule has 1 atom stereocenters. The Bertz CT molecular complexity index is 2700. The highest BCUT2D eigenvalue weighted by Gasteiger charge is 2.23. The third kappa shape index (κ3) is 6.35. The van der Waals surface area contributed by atoms with Crippen molar-refractivity contribution in [2.24, 2.45) is 0 Å². The van der Waals surface area contributed by atoms with Gasteiger partial charge in [0, 0.05) is 42.9 Å². The normalized spacial score (nSPS) is 11.7. The van der Waals surface area contributed by atoms with Crippen molar-refractivity contribution in [2.75, 3.05) is 21.3 Å². The molecule has 8 rings (SSSR count). The first-order valence-electron chi connectivity index (χ1n) is 17.3. The second kappa shape index (κ2) is 13.8. The fraction of sp³-hybridized carbons (Fsp3) is 0.182. The van der Waals surface area contributed by atoms with E-state index < -0.39 is 16.0 Å². The van der Waals surface area contributed by atoms with Crippen molar-refractivity contribution in [3.8, 4) is 39.9 Å². The molecule has 0 aliphatic rings. The van der Waals surface area contributed by atoms with Crippen LogP contribution in [-0.4, -0.2) is 21.3 Å². The summed E-state index contributed by atoms with van der Waals surface area (Å²) in [5, 5.41) is 6.24. The second-order valence-electron chi connectivity index (χ2n) is 13.4. The molecule has 6 aromatic carbocycles. The van der Waals surface area contributed by atoms with Gasteiger partial charge in [0.1, 0.15) is 39.9 Å². The highest BCUT2D eigenvalue weighted by Crippen LogP contribution is 2.54. The van der Waals surface area contributed by atoms with Crippen molar-refractivity contribution in [1.29, 1.82) is 0 Å². The fourth-order valence-electron chi connectivity index (χ4n) is 7.09. The van der Waals surface area contributed by atoms with E-state index in [1.54, 1.807) is 21.3 Å². The number of hydrogen-bond donors (Lipinski definition) is 0. The van der Waals surface area contributed by atoms with E-state index >= 15 is 0 Å². The summed E-state index contributed by atoms with van der Waals surface area (Å²) < 4.78 is 44.2. The smallest absolute Gasteiger partial charge is 0.453 e. The van der Waals surface area contributed by atoms with Gasteiger partial charge < -0.3 is 31.7 Å². The summed E-state index contributed by atoms with van der Waals surface area (Å²) in [6, 6.07) is 32.9. The summed E-state index contributed by atoms with van der Waals surface area (Å²) in [4.78, 5) is 0. The average Bonchev–Trinajstić information content (AvgIpc) is 3.36. The standard InChI is InChI=1S/C44H40O7P2/c1-25-9-13-39-33(19-25)34-22-30(45-6)10-14-40(34)49-53(48-39)51-44-29(5)18-27(3)21-38(44)37-20-26(2)17-28(4)43(37)50-52-41-15-11-31(46-7)23-35(41)36-24-32(47-8)12-16-42(36)52/h9-24H,1-8H3. The van der Waals surface area contributed by atoms with Crippen molar-refractivity contribution in [2.45, 2.75) is 34.6 Å². The summed E-state index contributed by atoms with van der Waals surface area (Å²) in [6.45, 7) is 10.4. The van der Waals surface area contributed by atoms with Crippen LogP contribution in [0.2, 0.25) is 0 Å². The molecule has 0 radical (unpaired) electrons. The number of fused-ring (bicyclic) bond motifs is 6. The summed E-state index contributed by atoms with van der Waals surface area (Å²) >= 11 is 0. The van der Waals surface area contributed by atoms with Crippen LogP contribution >= 0.6 is 16.0 Å². The van der Waals surface area contributed by atoms with Crippen molar-refractivity contribution in [3.63, 3.8) is 0 Å². The third-order valence-electron chi connectivity index (χ3n) is 9.57. The number of methoxy groups -OCH3 is 3. The van der Waals surface area contributed by atoms with Crippen LogP contribution in [0.1, 0.15) is 27.8 Å². The Kier molecular flexibility index (Phi) is 9.02. The van der Waals surface area contributed by atoms with E-state index in [0.29, 0.717) is 16.9 Å². The number of aryl methyl sites for hydroxylation is 5. The van der Waals surface area contributed by atoms with Gasteiger partial charge in [0.15, 0.2) is 0 Å². The van der Waals surface area contributed by atoms with E-state index in [1.807, 2.05) is 42.5 Å². The van der Waals surface area contributed by atoms with Crippen LogP contribution in [-0.2, 0) is 0 Å². The Morgan fingerprint density at radius 3 is 1.42 bits per heavy atom. The molecule has 0 fully saturated rings. The van der Waals surface area contributed by atoms with E-state index in [9.17, 15) is 0 Å². The van der Waals surface area contributed by atoms with Crippen LogP contribution in [0.15, 0.2) is 105 Å². The van der Waals surface area contributed by atoms with Crippen molar-refractivity contribution in [1.82, 2.24) is 0 Å². The SMILES string of the molecule is COc1ccc2op(Oc3c(C)cc(C)cc3-c3cc(C)cc(C)c3Op3c4ccc(OC)cc4c4cc(OC)ccc43)oc3ccc(C)cc3c2c1. The molecule has 268 valence electrons. The van der Waals surface area contributed by atoms with Crippen molar-refractivity contribution in [3.05, 3.63) is 125 Å². The molecular weight excluding hydrogens is 702 g/mol. The van der Waals surface area contributed by atoms with Gasteiger partial charge >= 0.3 is 8.24 Å². The first kappa shape index (κ1) is 34.6. The minimum atomic E-state index is -1.92. The molecule has 0 bridgehead atoms. The molecule has 0 saturated heterocycles. The monoisotopic (exact) mass is 742 g/mol.